The van der Waals surface area contributed by atoms with E-state index in [0.29, 0.717) is 11.5 Å². The molecule has 1 N–H and O–H groups in total. The zero-order valence-corrected chi connectivity index (χ0v) is 18.1. The summed E-state index contributed by atoms with van der Waals surface area (Å²) in [5, 5.41) is 9.13. The van der Waals surface area contributed by atoms with E-state index in [1.165, 1.54) is 44.2 Å². The first-order valence-corrected chi connectivity index (χ1v) is 10.9. The predicted molar refractivity (Wildman–Crippen MR) is 114 cm³/mol. The molecule has 4 heteroatoms. The van der Waals surface area contributed by atoms with Crippen molar-refractivity contribution in [1.82, 2.24) is 0 Å². The van der Waals surface area contributed by atoms with Gasteiger partial charge in [-0.1, -0.05) is 71.3 Å². The molecule has 4 nitrogen and oxygen atoms in total. The van der Waals surface area contributed by atoms with Crippen LogP contribution in [0.2, 0.25) is 0 Å². The third-order valence-corrected chi connectivity index (χ3v) is 5.50. The molecule has 158 valence electrons. The molecule has 1 rings (SSSR count). The number of benzene rings is 1. The van der Waals surface area contributed by atoms with Crippen molar-refractivity contribution < 1.29 is 19.4 Å². The van der Waals surface area contributed by atoms with Crippen LogP contribution in [-0.2, 0) is 4.74 Å². The van der Waals surface area contributed by atoms with Crippen LogP contribution in [0.3, 0.4) is 0 Å². The first-order valence-electron chi connectivity index (χ1n) is 10.9. The monoisotopic (exact) mass is 390 g/mol. The maximum atomic E-state index is 12.6. The summed E-state index contributed by atoms with van der Waals surface area (Å²) < 4.78 is 5.88. The smallest absolute Gasteiger partial charge is 0.338 e. The zero-order chi connectivity index (χ0) is 21.0. The Labute approximate surface area is 170 Å². The molecule has 0 saturated heterocycles. The van der Waals surface area contributed by atoms with Crippen LogP contribution >= 0.6 is 0 Å². The molecule has 0 spiro atoms. The van der Waals surface area contributed by atoms with Crippen molar-refractivity contribution in [3.8, 4) is 0 Å². The second kappa shape index (κ2) is 12.6. The average molecular weight is 391 g/mol. The Morgan fingerprint density at radius 1 is 0.929 bits per heavy atom. The van der Waals surface area contributed by atoms with Gasteiger partial charge in [-0.2, -0.15) is 0 Å². The van der Waals surface area contributed by atoms with Crippen molar-refractivity contribution in [2.24, 2.45) is 5.92 Å². The van der Waals surface area contributed by atoms with Crippen molar-refractivity contribution in [2.75, 3.05) is 0 Å². The summed E-state index contributed by atoms with van der Waals surface area (Å²) in [5.41, 5.74) is -0.182. The fourth-order valence-corrected chi connectivity index (χ4v) is 3.62. The van der Waals surface area contributed by atoms with Crippen LogP contribution in [0, 0.1) is 5.92 Å². The van der Waals surface area contributed by atoms with E-state index < -0.39 is 17.5 Å². The fourth-order valence-electron chi connectivity index (χ4n) is 3.62. The van der Waals surface area contributed by atoms with Gasteiger partial charge >= 0.3 is 11.9 Å². The maximum Gasteiger partial charge on any atom is 0.338 e. The molecule has 28 heavy (non-hydrogen) atoms. The lowest BCUT2D eigenvalue weighted by molar-refractivity contribution is -0.0350. The summed E-state index contributed by atoms with van der Waals surface area (Å²) >= 11 is 0. The summed E-state index contributed by atoms with van der Waals surface area (Å²) in [6, 6.07) is 6.06. The number of unbranched alkanes of at least 4 members (excludes halogenated alkanes) is 6. The topological polar surface area (TPSA) is 63.6 Å². The van der Waals surface area contributed by atoms with Gasteiger partial charge in [0.25, 0.3) is 0 Å². The minimum absolute atomic E-state index is 0.0990. The van der Waals surface area contributed by atoms with Gasteiger partial charge in [0.05, 0.1) is 11.1 Å². The van der Waals surface area contributed by atoms with Gasteiger partial charge in [0.1, 0.15) is 5.60 Å². The Morgan fingerprint density at radius 2 is 1.50 bits per heavy atom. The lowest BCUT2D eigenvalue weighted by Gasteiger charge is -2.34. The molecule has 0 aliphatic rings. The number of carboxylic acid groups (broad SMARTS) is 1. The molecule has 1 atom stereocenters. The first kappa shape index (κ1) is 24.2. The Hall–Kier alpha value is -1.84. The van der Waals surface area contributed by atoms with E-state index in [1.54, 1.807) is 12.1 Å². The van der Waals surface area contributed by atoms with Gasteiger partial charge in [-0.05, 0) is 50.8 Å². The number of rotatable bonds is 14. The number of carbonyl (C=O) groups is 2. The second-order valence-corrected chi connectivity index (χ2v) is 8.27. The van der Waals surface area contributed by atoms with Crippen molar-refractivity contribution in [3.05, 3.63) is 35.4 Å². The largest absolute Gasteiger partial charge is 0.478 e. The third-order valence-electron chi connectivity index (χ3n) is 5.50. The van der Waals surface area contributed by atoms with Gasteiger partial charge in [-0.25, -0.2) is 9.59 Å². The van der Waals surface area contributed by atoms with E-state index in [1.807, 2.05) is 13.8 Å². The molecule has 0 saturated carbocycles. The highest BCUT2D eigenvalue weighted by Gasteiger charge is 2.33. The van der Waals surface area contributed by atoms with E-state index in [4.69, 9.17) is 9.84 Å². The molecule has 0 fully saturated rings. The Kier molecular flexibility index (Phi) is 10.9. The minimum atomic E-state index is -1.04. The maximum absolute atomic E-state index is 12.6. The van der Waals surface area contributed by atoms with Gasteiger partial charge in [-0.3, -0.25) is 0 Å². The molecular formula is C24H38O4. The van der Waals surface area contributed by atoms with E-state index >= 15 is 0 Å². The van der Waals surface area contributed by atoms with Gasteiger partial charge in [0.2, 0.25) is 0 Å². The van der Waals surface area contributed by atoms with E-state index in [2.05, 4.69) is 13.8 Å². The molecule has 1 aromatic carbocycles. The molecular weight excluding hydrogens is 352 g/mol. The van der Waals surface area contributed by atoms with Gasteiger partial charge < -0.3 is 9.84 Å². The van der Waals surface area contributed by atoms with Crippen molar-refractivity contribution >= 4 is 11.9 Å². The lowest BCUT2D eigenvalue weighted by atomic mass is 9.82. The van der Waals surface area contributed by atoms with Gasteiger partial charge in [0.15, 0.2) is 0 Å². The molecule has 0 radical (unpaired) electrons. The number of carbonyl (C=O) groups excluding carboxylic acids is 1. The average Bonchev–Trinajstić information content (AvgIpc) is 2.66. The molecule has 0 amide bonds. The number of carboxylic acids is 1. The molecule has 1 aromatic rings. The Balaban J connectivity index is 2.71. The number of hydrogen-bond donors (Lipinski definition) is 1. The van der Waals surface area contributed by atoms with Gasteiger partial charge in [-0.15, -0.1) is 0 Å². The summed E-state index contributed by atoms with van der Waals surface area (Å²) in [6.07, 6.45) is 11.9. The summed E-state index contributed by atoms with van der Waals surface area (Å²) in [6.45, 7) is 8.38. The van der Waals surface area contributed by atoms with E-state index in [0.717, 1.165) is 32.1 Å². The quantitative estimate of drug-likeness (QED) is 0.278. The van der Waals surface area contributed by atoms with Crippen LogP contribution < -0.4 is 0 Å². The normalized spacial score (nSPS) is 12.6. The third kappa shape index (κ3) is 8.45. The minimum Gasteiger partial charge on any atom is -0.478 e. The first-order chi connectivity index (χ1) is 13.3. The van der Waals surface area contributed by atoms with Crippen molar-refractivity contribution in [1.29, 1.82) is 0 Å². The number of esters is 1. The predicted octanol–water partition coefficient (Wildman–Crippen LogP) is 6.88. The highest BCUT2D eigenvalue weighted by molar-refractivity contribution is 5.94. The summed E-state index contributed by atoms with van der Waals surface area (Å²) in [5.74, 6) is -1.18. The van der Waals surface area contributed by atoms with Crippen LogP contribution in [0.15, 0.2) is 24.3 Å². The summed E-state index contributed by atoms with van der Waals surface area (Å²) in [4.78, 5) is 23.8. The van der Waals surface area contributed by atoms with Crippen LogP contribution in [0.4, 0.5) is 0 Å². The van der Waals surface area contributed by atoms with Crippen LogP contribution in [0.1, 0.15) is 113 Å². The molecule has 1 unspecified atom stereocenters. The zero-order valence-electron chi connectivity index (χ0n) is 18.1. The lowest BCUT2D eigenvalue weighted by Crippen LogP contribution is -2.37. The Bertz CT molecular complexity index is 606. The van der Waals surface area contributed by atoms with Crippen LogP contribution in [0.25, 0.3) is 0 Å². The SMILES string of the molecule is CCCCCCCCC(CCCC)C(C)(C)OC(=O)c1cccc(C(=O)O)c1. The number of aromatic carboxylic acids is 1. The standard InChI is InChI=1S/C24H38O4/c1-5-7-9-10-11-12-17-21(16-8-6-2)24(3,4)28-23(27)20-15-13-14-19(18-20)22(25)26/h13-15,18,21H,5-12,16-17H2,1-4H3,(H,25,26). The second-order valence-electron chi connectivity index (χ2n) is 8.27. The molecule has 0 aliphatic heterocycles. The molecule has 0 aromatic heterocycles. The molecule has 0 bridgehead atoms. The highest BCUT2D eigenvalue weighted by atomic mass is 16.6. The van der Waals surface area contributed by atoms with Crippen molar-refractivity contribution in [2.45, 2.75) is 97.5 Å². The van der Waals surface area contributed by atoms with Crippen LogP contribution in [-0.4, -0.2) is 22.6 Å². The van der Waals surface area contributed by atoms with E-state index in [9.17, 15) is 9.59 Å². The van der Waals surface area contributed by atoms with E-state index in [-0.39, 0.29) is 5.56 Å². The number of ether oxygens (including phenoxy) is 1. The van der Waals surface area contributed by atoms with Crippen molar-refractivity contribution in [3.63, 3.8) is 0 Å². The molecule has 0 heterocycles. The van der Waals surface area contributed by atoms with Gasteiger partial charge in [0, 0.05) is 0 Å². The fraction of sp³-hybridized carbons (Fsp3) is 0.667. The number of hydrogen-bond acceptors (Lipinski definition) is 3. The Morgan fingerprint density at radius 3 is 2.14 bits per heavy atom. The summed E-state index contributed by atoms with van der Waals surface area (Å²) in [7, 11) is 0. The highest BCUT2D eigenvalue weighted by Crippen LogP contribution is 2.32. The molecule has 0 aliphatic carbocycles. The van der Waals surface area contributed by atoms with Crippen LogP contribution in [0.5, 0.6) is 0 Å².